The van der Waals surface area contributed by atoms with Crippen LogP contribution in [0.5, 0.6) is 0 Å². The van der Waals surface area contributed by atoms with Gasteiger partial charge < -0.3 is 4.74 Å². The number of halogens is 3. The highest BCUT2D eigenvalue weighted by molar-refractivity contribution is 6.02. The Bertz CT molecular complexity index is 1530. The Morgan fingerprint density at radius 2 is 1.87 bits per heavy atom. The van der Waals surface area contributed by atoms with E-state index < -0.39 is 12.5 Å². The minimum Gasteiger partial charge on any atom is -0.371 e. The van der Waals surface area contributed by atoms with E-state index in [0.717, 1.165) is 27.7 Å². The van der Waals surface area contributed by atoms with Crippen molar-refractivity contribution in [1.82, 2.24) is 29.2 Å². The van der Waals surface area contributed by atoms with Crippen LogP contribution in [0.1, 0.15) is 45.0 Å². The lowest BCUT2D eigenvalue weighted by molar-refractivity contribution is -0.340. The molecule has 0 radical (unpaired) electrons. The molecule has 1 aliphatic heterocycles. The Hall–Kier alpha value is -3.35. The van der Waals surface area contributed by atoms with Gasteiger partial charge in [-0.1, -0.05) is 12.1 Å². The number of rotatable bonds is 8. The standard InChI is InChI=1S/C27H31F3N6O3/c1-16(2)36-24-21-13-18(5-8-23(21)32-33-25(24)34(4)26(36)37)19-6-7-22(31-14-19)17(3)38-12-11-35-10-9-20(15-35)39-27(28,29)30/h5-8,13-14,16-17,20H,9-12,15H2,1-4H3/t17-,20-/m1/s1. The van der Waals surface area contributed by atoms with Gasteiger partial charge in [0.15, 0.2) is 5.65 Å². The summed E-state index contributed by atoms with van der Waals surface area (Å²) in [6, 6.07) is 9.68. The number of imidazole rings is 1. The molecule has 5 rings (SSSR count). The number of aryl methyl sites for hydroxylation is 1. The summed E-state index contributed by atoms with van der Waals surface area (Å²) in [5, 5.41) is 9.44. The van der Waals surface area contributed by atoms with Gasteiger partial charge in [-0.25, -0.2) is 4.79 Å². The van der Waals surface area contributed by atoms with Gasteiger partial charge in [-0.15, -0.1) is 23.4 Å². The van der Waals surface area contributed by atoms with Crippen molar-refractivity contribution in [3.8, 4) is 11.1 Å². The van der Waals surface area contributed by atoms with Crippen molar-refractivity contribution in [2.45, 2.75) is 51.8 Å². The zero-order valence-corrected chi connectivity index (χ0v) is 22.3. The van der Waals surface area contributed by atoms with Gasteiger partial charge in [0.2, 0.25) is 0 Å². The zero-order chi connectivity index (χ0) is 27.9. The SMILES string of the molecule is CC(C)n1c(=O)n(C)c2nnc3ccc(-c4ccc([C@@H](C)OCCN5CC[C@@H](OC(F)(F)F)C5)nc4)cc3c21. The topological polar surface area (TPSA) is 87.3 Å². The van der Waals surface area contributed by atoms with Crippen molar-refractivity contribution in [2.24, 2.45) is 7.05 Å². The van der Waals surface area contributed by atoms with E-state index in [1.165, 1.54) is 4.57 Å². The van der Waals surface area contributed by atoms with Crippen molar-refractivity contribution >= 4 is 22.1 Å². The molecule has 2 atom stereocenters. The summed E-state index contributed by atoms with van der Waals surface area (Å²) in [5.74, 6) is 0. The first-order valence-electron chi connectivity index (χ1n) is 12.9. The molecule has 0 saturated carbocycles. The van der Waals surface area contributed by atoms with Crippen LogP contribution in [-0.2, 0) is 16.5 Å². The van der Waals surface area contributed by atoms with E-state index in [-0.39, 0.29) is 24.4 Å². The summed E-state index contributed by atoms with van der Waals surface area (Å²) in [6.45, 7) is 7.51. The van der Waals surface area contributed by atoms with Crippen LogP contribution in [0.4, 0.5) is 13.2 Å². The van der Waals surface area contributed by atoms with Crippen LogP contribution >= 0.6 is 0 Å². The molecule has 39 heavy (non-hydrogen) atoms. The lowest BCUT2D eigenvalue weighted by Gasteiger charge is -2.19. The molecule has 0 spiro atoms. The summed E-state index contributed by atoms with van der Waals surface area (Å²) in [7, 11) is 1.70. The number of hydrogen-bond donors (Lipinski definition) is 0. The Morgan fingerprint density at radius 3 is 2.56 bits per heavy atom. The maximum atomic E-state index is 12.8. The van der Waals surface area contributed by atoms with E-state index in [2.05, 4.69) is 19.9 Å². The highest BCUT2D eigenvalue weighted by Crippen LogP contribution is 2.29. The number of fused-ring (bicyclic) bond motifs is 3. The van der Waals surface area contributed by atoms with Crippen molar-refractivity contribution in [3.05, 3.63) is 52.7 Å². The molecule has 0 bridgehead atoms. The van der Waals surface area contributed by atoms with Crippen LogP contribution < -0.4 is 5.69 Å². The molecule has 1 fully saturated rings. The number of hydrogen-bond acceptors (Lipinski definition) is 7. The molecule has 4 heterocycles. The smallest absolute Gasteiger partial charge is 0.371 e. The normalized spacial score (nSPS) is 17.6. The van der Waals surface area contributed by atoms with E-state index in [1.54, 1.807) is 17.8 Å². The van der Waals surface area contributed by atoms with E-state index in [9.17, 15) is 18.0 Å². The van der Waals surface area contributed by atoms with Gasteiger partial charge in [-0.2, -0.15) is 0 Å². The first-order valence-corrected chi connectivity index (χ1v) is 12.9. The second-order valence-electron chi connectivity index (χ2n) is 10.2. The van der Waals surface area contributed by atoms with Gasteiger partial charge in [0.1, 0.15) is 5.52 Å². The van der Waals surface area contributed by atoms with E-state index >= 15 is 0 Å². The molecular weight excluding hydrogens is 513 g/mol. The lowest BCUT2D eigenvalue weighted by Crippen LogP contribution is -2.30. The summed E-state index contributed by atoms with van der Waals surface area (Å²) in [4.78, 5) is 19.3. The number of pyridine rings is 1. The Balaban J connectivity index is 1.27. The number of benzene rings is 1. The average Bonchev–Trinajstić information content (AvgIpc) is 3.43. The highest BCUT2D eigenvalue weighted by atomic mass is 19.4. The molecule has 9 nitrogen and oxygen atoms in total. The molecule has 0 N–H and O–H groups in total. The van der Waals surface area contributed by atoms with Gasteiger partial charge in [-0.3, -0.25) is 23.8 Å². The van der Waals surface area contributed by atoms with Crippen LogP contribution in [0.2, 0.25) is 0 Å². The third-order valence-electron chi connectivity index (χ3n) is 7.12. The Kier molecular flexibility index (Phi) is 7.45. The first kappa shape index (κ1) is 27.2. The molecule has 0 aliphatic carbocycles. The molecule has 1 aliphatic rings. The molecule has 4 aromatic rings. The quantitative estimate of drug-likeness (QED) is 0.320. The van der Waals surface area contributed by atoms with Crippen molar-refractivity contribution in [1.29, 1.82) is 0 Å². The molecule has 12 heteroatoms. The highest BCUT2D eigenvalue weighted by Gasteiger charge is 2.36. The molecule has 3 aromatic heterocycles. The number of likely N-dealkylation sites (tertiary alicyclic amines) is 1. The fourth-order valence-corrected chi connectivity index (χ4v) is 5.10. The minimum atomic E-state index is -4.60. The van der Waals surface area contributed by atoms with Gasteiger partial charge in [0, 0.05) is 49.9 Å². The third-order valence-corrected chi connectivity index (χ3v) is 7.12. The van der Waals surface area contributed by atoms with Gasteiger partial charge in [-0.05, 0) is 51.0 Å². The summed E-state index contributed by atoms with van der Waals surface area (Å²) in [5.41, 5.74) is 4.45. The fourth-order valence-electron chi connectivity index (χ4n) is 5.10. The first-order chi connectivity index (χ1) is 18.5. The molecule has 1 aromatic carbocycles. The summed E-state index contributed by atoms with van der Waals surface area (Å²) < 4.78 is 50.5. The second-order valence-corrected chi connectivity index (χ2v) is 10.2. The van der Waals surface area contributed by atoms with Gasteiger partial charge >= 0.3 is 12.1 Å². The number of ether oxygens (including phenoxy) is 2. The Morgan fingerprint density at radius 1 is 1.10 bits per heavy atom. The lowest BCUT2D eigenvalue weighted by atomic mass is 10.0. The summed E-state index contributed by atoms with van der Waals surface area (Å²) >= 11 is 0. The van der Waals surface area contributed by atoms with Crippen molar-refractivity contribution in [3.63, 3.8) is 0 Å². The van der Waals surface area contributed by atoms with Crippen LogP contribution in [-0.4, -0.2) is 67.9 Å². The van der Waals surface area contributed by atoms with Crippen LogP contribution in [0.25, 0.3) is 33.2 Å². The van der Waals surface area contributed by atoms with Gasteiger partial charge in [0.05, 0.1) is 30.0 Å². The number of nitrogens with zero attached hydrogens (tertiary/aromatic N) is 6. The van der Waals surface area contributed by atoms with Crippen LogP contribution in [0, 0.1) is 0 Å². The Labute approximate surface area is 223 Å². The largest absolute Gasteiger partial charge is 0.522 e. The van der Waals surface area contributed by atoms with E-state index in [4.69, 9.17) is 4.74 Å². The predicted molar refractivity (Wildman–Crippen MR) is 140 cm³/mol. The maximum Gasteiger partial charge on any atom is 0.522 e. The monoisotopic (exact) mass is 544 g/mol. The van der Waals surface area contributed by atoms with Crippen molar-refractivity contribution < 1.29 is 22.6 Å². The minimum absolute atomic E-state index is 0.0418. The summed E-state index contributed by atoms with van der Waals surface area (Å²) in [6.07, 6.45) is -3.57. The van der Waals surface area contributed by atoms with Crippen molar-refractivity contribution in [2.75, 3.05) is 26.2 Å². The molecule has 208 valence electrons. The third kappa shape index (κ3) is 5.68. The second kappa shape index (κ2) is 10.7. The molecule has 0 amide bonds. The van der Waals surface area contributed by atoms with E-state index in [1.807, 2.05) is 56.0 Å². The molecule has 1 saturated heterocycles. The van der Waals surface area contributed by atoms with Gasteiger partial charge in [0.25, 0.3) is 0 Å². The fraction of sp³-hybridized carbons (Fsp3) is 0.481. The van der Waals surface area contributed by atoms with Crippen LogP contribution in [0.15, 0.2) is 41.3 Å². The number of aromatic nitrogens is 5. The molecular formula is C27H31F3N6O3. The van der Waals surface area contributed by atoms with Crippen LogP contribution in [0.3, 0.4) is 0 Å². The molecule has 0 unspecified atom stereocenters. The number of alkyl halides is 3. The average molecular weight is 545 g/mol. The predicted octanol–water partition coefficient (Wildman–Crippen LogP) is 4.61. The zero-order valence-electron chi connectivity index (χ0n) is 22.3. The maximum absolute atomic E-state index is 12.8. The van der Waals surface area contributed by atoms with E-state index in [0.29, 0.717) is 37.3 Å².